The van der Waals surface area contributed by atoms with Crippen molar-refractivity contribution in [3.63, 3.8) is 0 Å². The number of hydrogen-bond donors (Lipinski definition) is 0. The Balaban J connectivity index is 2.15. The van der Waals surface area contributed by atoms with Crippen LogP contribution in [0.4, 0.5) is 0 Å². The highest BCUT2D eigenvalue weighted by Crippen LogP contribution is 2.17. The summed E-state index contributed by atoms with van der Waals surface area (Å²) >= 11 is 0. The van der Waals surface area contributed by atoms with Gasteiger partial charge in [0.15, 0.2) is 0 Å². The molecule has 0 heterocycles. The van der Waals surface area contributed by atoms with Crippen LogP contribution in [0.2, 0.25) is 0 Å². The molecule has 0 saturated carbocycles. The van der Waals surface area contributed by atoms with Crippen LogP contribution in [0.1, 0.15) is 144 Å². The van der Waals surface area contributed by atoms with Crippen molar-refractivity contribution in [2.24, 2.45) is 5.92 Å². The minimum Gasteiger partial charge on any atom is -0.377 e. The SMILES string of the molecule is CC(C)=CCC/C(C)=C/CC/C(C)=C/CC/C(C)=C/CC/C(C)=C/CC/C(C)=C/CCC(C)CCOCc1ccccc1. The Morgan fingerprint density at radius 3 is 1.35 bits per heavy atom. The highest BCUT2D eigenvalue weighted by molar-refractivity contribution is 5.13. The molecule has 1 nitrogen and oxygen atoms in total. The zero-order valence-electron chi connectivity index (χ0n) is 29.4. The van der Waals surface area contributed by atoms with Crippen LogP contribution < -0.4 is 0 Å². The van der Waals surface area contributed by atoms with Crippen LogP contribution in [0.15, 0.2) is 100 Å². The third-order valence-electron chi connectivity index (χ3n) is 8.24. The Labute approximate surface area is 268 Å². The molecule has 1 atom stereocenters. The molecule has 240 valence electrons. The van der Waals surface area contributed by atoms with Crippen LogP contribution in [0.25, 0.3) is 0 Å². The first-order chi connectivity index (χ1) is 20.7. The highest BCUT2D eigenvalue weighted by atomic mass is 16.5. The van der Waals surface area contributed by atoms with Crippen molar-refractivity contribution in [2.75, 3.05) is 6.61 Å². The van der Waals surface area contributed by atoms with Gasteiger partial charge in [0.25, 0.3) is 0 Å². The summed E-state index contributed by atoms with van der Waals surface area (Å²) in [5.74, 6) is 0.706. The minimum atomic E-state index is 0.706. The van der Waals surface area contributed by atoms with Gasteiger partial charge >= 0.3 is 0 Å². The first kappa shape index (κ1) is 38.6. The molecule has 0 radical (unpaired) electrons. The van der Waals surface area contributed by atoms with Crippen LogP contribution in [0, 0.1) is 5.92 Å². The van der Waals surface area contributed by atoms with E-state index in [1.54, 1.807) is 0 Å². The summed E-state index contributed by atoms with van der Waals surface area (Å²) < 4.78 is 5.86. The van der Waals surface area contributed by atoms with E-state index in [0.29, 0.717) is 5.92 Å². The first-order valence-corrected chi connectivity index (χ1v) is 17.2. The van der Waals surface area contributed by atoms with Gasteiger partial charge < -0.3 is 4.74 Å². The lowest BCUT2D eigenvalue weighted by molar-refractivity contribution is 0.108. The lowest BCUT2D eigenvalue weighted by Crippen LogP contribution is -2.02. The molecule has 1 aromatic rings. The van der Waals surface area contributed by atoms with Crippen LogP contribution in [0.5, 0.6) is 0 Å². The molecule has 1 heteroatoms. The highest BCUT2D eigenvalue weighted by Gasteiger charge is 2.02. The smallest absolute Gasteiger partial charge is 0.0716 e. The predicted molar refractivity (Wildman–Crippen MR) is 193 cm³/mol. The van der Waals surface area contributed by atoms with Crippen molar-refractivity contribution in [2.45, 2.75) is 145 Å². The molecule has 1 aromatic carbocycles. The van der Waals surface area contributed by atoms with E-state index in [9.17, 15) is 0 Å². The fourth-order valence-corrected chi connectivity index (χ4v) is 5.09. The van der Waals surface area contributed by atoms with Gasteiger partial charge in [-0.25, -0.2) is 0 Å². The van der Waals surface area contributed by atoms with Crippen LogP contribution in [-0.2, 0) is 11.3 Å². The monoisotopic (exact) mass is 587 g/mol. The topological polar surface area (TPSA) is 9.23 Å². The zero-order valence-corrected chi connectivity index (χ0v) is 29.4. The number of hydrogen-bond acceptors (Lipinski definition) is 1. The van der Waals surface area contributed by atoms with Gasteiger partial charge in [-0.3, -0.25) is 0 Å². The Morgan fingerprint density at radius 1 is 0.535 bits per heavy atom. The summed E-state index contributed by atoms with van der Waals surface area (Å²) in [6, 6.07) is 10.5. The van der Waals surface area contributed by atoms with Gasteiger partial charge in [0.05, 0.1) is 6.61 Å². The van der Waals surface area contributed by atoms with E-state index >= 15 is 0 Å². The van der Waals surface area contributed by atoms with Crippen molar-refractivity contribution >= 4 is 0 Å². The van der Waals surface area contributed by atoms with E-state index in [-0.39, 0.29) is 0 Å². The Kier molecular flexibility index (Phi) is 22.5. The van der Waals surface area contributed by atoms with Gasteiger partial charge in [-0.1, -0.05) is 107 Å². The normalized spacial score (nSPS) is 14.3. The average molecular weight is 587 g/mol. The molecule has 0 aromatic heterocycles. The van der Waals surface area contributed by atoms with E-state index in [4.69, 9.17) is 4.74 Å². The van der Waals surface area contributed by atoms with Gasteiger partial charge in [0.1, 0.15) is 0 Å². The molecule has 0 spiro atoms. The second-order valence-corrected chi connectivity index (χ2v) is 13.2. The van der Waals surface area contributed by atoms with Crippen LogP contribution in [0.3, 0.4) is 0 Å². The molecule has 0 amide bonds. The quantitative estimate of drug-likeness (QED) is 0.0915. The molecule has 0 bridgehead atoms. The Hall–Kier alpha value is -2.38. The predicted octanol–water partition coefficient (Wildman–Crippen LogP) is 13.6. The van der Waals surface area contributed by atoms with Crippen molar-refractivity contribution in [3.8, 4) is 0 Å². The van der Waals surface area contributed by atoms with E-state index in [1.165, 1.54) is 103 Å². The molecular weight excluding hydrogens is 520 g/mol. The second kappa shape index (κ2) is 25.0. The average Bonchev–Trinajstić information content (AvgIpc) is 2.95. The summed E-state index contributed by atoms with van der Waals surface area (Å²) in [5.41, 5.74) is 10.3. The number of benzene rings is 1. The van der Waals surface area contributed by atoms with Gasteiger partial charge in [-0.2, -0.15) is 0 Å². The molecule has 1 rings (SSSR count). The Morgan fingerprint density at radius 2 is 0.930 bits per heavy atom. The van der Waals surface area contributed by atoms with E-state index in [0.717, 1.165) is 32.5 Å². The summed E-state index contributed by atoms with van der Waals surface area (Å²) in [5, 5.41) is 0. The first-order valence-electron chi connectivity index (χ1n) is 17.2. The van der Waals surface area contributed by atoms with Crippen LogP contribution in [-0.4, -0.2) is 6.61 Å². The fraction of sp³-hybridized carbons (Fsp3) is 0.571. The summed E-state index contributed by atoms with van der Waals surface area (Å²) in [7, 11) is 0. The third kappa shape index (κ3) is 23.7. The van der Waals surface area contributed by atoms with Crippen molar-refractivity contribution in [1.82, 2.24) is 0 Å². The summed E-state index contributed by atoms with van der Waals surface area (Å²) in [4.78, 5) is 0. The molecule has 0 fully saturated rings. The largest absolute Gasteiger partial charge is 0.377 e. The maximum Gasteiger partial charge on any atom is 0.0716 e. The van der Waals surface area contributed by atoms with E-state index in [2.05, 4.69) is 122 Å². The minimum absolute atomic E-state index is 0.706. The van der Waals surface area contributed by atoms with Crippen molar-refractivity contribution in [1.29, 1.82) is 0 Å². The van der Waals surface area contributed by atoms with Gasteiger partial charge in [-0.05, 0) is 143 Å². The maximum absolute atomic E-state index is 5.86. The molecule has 0 aliphatic carbocycles. The van der Waals surface area contributed by atoms with Gasteiger partial charge in [0.2, 0.25) is 0 Å². The number of allylic oxidation sites excluding steroid dienone is 12. The lowest BCUT2D eigenvalue weighted by Gasteiger charge is -2.11. The van der Waals surface area contributed by atoms with E-state index < -0.39 is 0 Å². The zero-order chi connectivity index (χ0) is 31.7. The molecule has 0 aliphatic rings. The molecule has 43 heavy (non-hydrogen) atoms. The molecule has 0 aliphatic heterocycles. The second-order valence-electron chi connectivity index (χ2n) is 13.2. The standard InChI is InChI=1S/C42H66O/c1-35(2)18-12-19-36(3)20-13-21-37(4)22-14-23-38(5)24-15-25-39(6)26-16-27-40(7)28-17-29-41(8)32-33-43-34-42-30-10-9-11-31-42/h9-11,18,20,22,24,26,28,30-31,41H,12-17,19,21,23,25,27,29,32-34H2,1-8H3/b36-20+,37-22+,38-24+,39-26+,40-28+. The lowest BCUT2D eigenvalue weighted by atomic mass is 10.00. The van der Waals surface area contributed by atoms with Crippen molar-refractivity contribution < 1.29 is 4.74 Å². The molecule has 0 saturated heterocycles. The molecular formula is C42H66O. The van der Waals surface area contributed by atoms with Crippen LogP contribution >= 0.6 is 0 Å². The van der Waals surface area contributed by atoms with Gasteiger partial charge in [0, 0.05) is 6.61 Å². The van der Waals surface area contributed by atoms with E-state index in [1.807, 2.05) is 0 Å². The molecule has 1 unspecified atom stereocenters. The maximum atomic E-state index is 5.86. The third-order valence-corrected chi connectivity index (χ3v) is 8.24. The summed E-state index contributed by atoms with van der Waals surface area (Å²) in [6.45, 7) is 19.7. The number of ether oxygens (including phenoxy) is 1. The number of rotatable bonds is 23. The van der Waals surface area contributed by atoms with Crippen molar-refractivity contribution in [3.05, 3.63) is 106 Å². The fourth-order valence-electron chi connectivity index (χ4n) is 5.09. The summed E-state index contributed by atoms with van der Waals surface area (Å²) in [6.07, 6.45) is 29.9. The van der Waals surface area contributed by atoms with Gasteiger partial charge in [-0.15, -0.1) is 0 Å². The molecule has 0 N–H and O–H groups in total. The Bertz CT molecular complexity index is 1040.